The molecule has 1 saturated heterocycles. The Hall–Kier alpha value is -0.0600. The van der Waals surface area contributed by atoms with Crippen molar-refractivity contribution in [3.8, 4) is 0 Å². The van der Waals surface area contributed by atoms with Crippen molar-refractivity contribution >= 4 is 46.4 Å². The van der Waals surface area contributed by atoms with E-state index in [2.05, 4.69) is 5.32 Å². The van der Waals surface area contributed by atoms with Crippen molar-refractivity contribution in [1.82, 2.24) is 10.2 Å². The first-order valence-corrected chi connectivity index (χ1v) is 6.51. The summed E-state index contributed by atoms with van der Waals surface area (Å²) in [4.78, 5) is 13.9. The molecule has 2 fully saturated rings. The Balaban J connectivity index is 1.91. The molecule has 0 spiro atoms. The van der Waals surface area contributed by atoms with Crippen LogP contribution in [0.15, 0.2) is 0 Å². The SMILES string of the molecule is C[C@]1(C(=O)NC(=S)N2CCCC2)CC1(Cl)Cl. The number of hydrogen-bond acceptors (Lipinski definition) is 2. The van der Waals surface area contributed by atoms with Crippen LogP contribution in [0, 0.1) is 5.41 Å². The van der Waals surface area contributed by atoms with Gasteiger partial charge >= 0.3 is 0 Å². The fourth-order valence-corrected chi connectivity index (χ4v) is 2.86. The van der Waals surface area contributed by atoms with Gasteiger partial charge in [-0.25, -0.2) is 0 Å². The molecule has 0 aromatic heterocycles. The third-order valence-electron chi connectivity index (χ3n) is 3.37. The highest BCUT2D eigenvalue weighted by molar-refractivity contribution is 7.80. The van der Waals surface area contributed by atoms with Gasteiger partial charge in [0, 0.05) is 13.1 Å². The molecule has 3 nitrogen and oxygen atoms in total. The fourth-order valence-electron chi connectivity index (χ4n) is 1.88. The van der Waals surface area contributed by atoms with Gasteiger partial charge in [-0.3, -0.25) is 4.79 Å². The van der Waals surface area contributed by atoms with E-state index in [-0.39, 0.29) is 5.91 Å². The Morgan fingerprint density at radius 1 is 1.38 bits per heavy atom. The van der Waals surface area contributed by atoms with Gasteiger partial charge in [0.15, 0.2) is 5.11 Å². The van der Waals surface area contributed by atoms with E-state index in [9.17, 15) is 4.79 Å². The van der Waals surface area contributed by atoms with Gasteiger partial charge in [-0.15, -0.1) is 23.2 Å². The second-order valence-electron chi connectivity index (χ2n) is 4.67. The molecule has 2 rings (SSSR count). The van der Waals surface area contributed by atoms with Gasteiger partial charge in [0.1, 0.15) is 4.33 Å². The Kier molecular flexibility index (Phi) is 3.10. The average molecular weight is 281 g/mol. The van der Waals surface area contributed by atoms with E-state index in [1.54, 1.807) is 6.92 Å². The summed E-state index contributed by atoms with van der Waals surface area (Å²) in [6, 6.07) is 0. The molecule has 1 aliphatic carbocycles. The minimum atomic E-state index is -0.933. The third-order valence-corrected chi connectivity index (χ3v) is 4.83. The Morgan fingerprint density at radius 3 is 2.31 bits per heavy atom. The number of halogens is 2. The minimum Gasteiger partial charge on any atom is -0.349 e. The molecule has 0 unspecified atom stereocenters. The quantitative estimate of drug-likeness (QED) is 0.590. The van der Waals surface area contributed by atoms with Crippen molar-refractivity contribution in [3.63, 3.8) is 0 Å². The van der Waals surface area contributed by atoms with E-state index in [0.29, 0.717) is 11.5 Å². The molecule has 1 amide bonds. The Morgan fingerprint density at radius 2 is 1.88 bits per heavy atom. The number of likely N-dealkylation sites (tertiary alicyclic amines) is 1. The number of carbonyl (C=O) groups is 1. The number of hydrogen-bond donors (Lipinski definition) is 1. The van der Waals surface area contributed by atoms with Crippen LogP contribution in [0.3, 0.4) is 0 Å². The highest BCUT2D eigenvalue weighted by Gasteiger charge is 2.68. The smallest absolute Gasteiger partial charge is 0.235 e. The molecular formula is C10H14Cl2N2OS. The van der Waals surface area contributed by atoms with Crippen LogP contribution in [0.1, 0.15) is 26.2 Å². The molecule has 6 heteroatoms. The van der Waals surface area contributed by atoms with Gasteiger partial charge in [0.05, 0.1) is 5.41 Å². The number of thiocarbonyl (C=S) groups is 1. The van der Waals surface area contributed by atoms with Crippen LogP contribution < -0.4 is 5.32 Å². The van der Waals surface area contributed by atoms with Crippen molar-refractivity contribution in [3.05, 3.63) is 0 Å². The fraction of sp³-hybridized carbons (Fsp3) is 0.800. The van der Waals surface area contributed by atoms with Crippen molar-refractivity contribution in [2.24, 2.45) is 5.41 Å². The highest BCUT2D eigenvalue weighted by Crippen LogP contribution is 2.63. The van der Waals surface area contributed by atoms with E-state index in [1.165, 1.54) is 0 Å². The largest absolute Gasteiger partial charge is 0.349 e. The van der Waals surface area contributed by atoms with Crippen LogP contribution in [0.5, 0.6) is 0 Å². The van der Waals surface area contributed by atoms with E-state index >= 15 is 0 Å². The zero-order chi connectivity index (χ0) is 12.0. The lowest BCUT2D eigenvalue weighted by atomic mass is 10.1. The first-order valence-electron chi connectivity index (χ1n) is 5.35. The number of nitrogens with zero attached hydrogens (tertiary/aromatic N) is 1. The second kappa shape index (κ2) is 4.00. The normalized spacial score (nSPS) is 31.3. The van der Waals surface area contributed by atoms with E-state index in [4.69, 9.17) is 35.4 Å². The second-order valence-corrected chi connectivity index (χ2v) is 6.54. The summed E-state index contributed by atoms with van der Waals surface area (Å²) in [5.41, 5.74) is -0.695. The van der Waals surface area contributed by atoms with Crippen LogP contribution in [0.2, 0.25) is 0 Å². The molecule has 0 aromatic carbocycles. The molecule has 2 aliphatic rings. The van der Waals surface area contributed by atoms with Gasteiger partial charge in [0.2, 0.25) is 5.91 Å². The summed E-state index contributed by atoms with van der Waals surface area (Å²) in [6.07, 6.45) is 2.74. The van der Waals surface area contributed by atoms with Crippen molar-refractivity contribution in [2.75, 3.05) is 13.1 Å². The van der Waals surface area contributed by atoms with Crippen LogP contribution in [0.4, 0.5) is 0 Å². The zero-order valence-corrected chi connectivity index (χ0v) is 11.4. The number of alkyl halides is 2. The van der Waals surface area contributed by atoms with Crippen LogP contribution in [-0.2, 0) is 4.79 Å². The molecule has 90 valence electrons. The molecule has 0 radical (unpaired) electrons. The predicted octanol–water partition coefficient (Wildman–Crippen LogP) is 2.07. The lowest BCUT2D eigenvalue weighted by molar-refractivity contribution is -0.124. The summed E-state index contributed by atoms with van der Waals surface area (Å²) in [5.74, 6) is -0.172. The topological polar surface area (TPSA) is 32.3 Å². The summed E-state index contributed by atoms with van der Waals surface area (Å²) in [5, 5.41) is 3.23. The van der Waals surface area contributed by atoms with Crippen LogP contribution >= 0.6 is 35.4 Å². The van der Waals surface area contributed by atoms with Crippen molar-refractivity contribution in [2.45, 2.75) is 30.5 Å². The highest BCUT2D eigenvalue weighted by atomic mass is 35.5. The number of rotatable bonds is 1. The maximum Gasteiger partial charge on any atom is 0.235 e. The summed E-state index contributed by atoms with van der Waals surface area (Å²) >= 11 is 17.0. The first kappa shape index (κ1) is 12.4. The predicted molar refractivity (Wildman–Crippen MR) is 68.7 cm³/mol. The van der Waals surface area contributed by atoms with Gasteiger partial charge < -0.3 is 10.2 Å². The van der Waals surface area contributed by atoms with Crippen LogP contribution in [0.25, 0.3) is 0 Å². The monoisotopic (exact) mass is 280 g/mol. The number of amides is 1. The van der Waals surface area contributed by atoms with Crippen LogP contribution in [-0.4, -0.2) is 33.3 Å². The molecular weight excluding hydrogens is 267 g/mol. The number of carbonyl (C=O) groups excluding carboxylic acids is 1. The third kappa shape index (κ3) is 2.03. The molecule has 1 N–H and O–H groups in total. The Labute approximate surface area is 110 Å². The van der Waals surface area contributed by atoms with Gasteiger partial charge in [-0.05, 0) is 38.4 Å². The van der Waals surface area contributed by atoms with Crippen molar-refractivity contribution in [1.29, 1.82) is 0 Å². The Bertz CT molecular complexity index is 342. The minimum absolute atomic E-state index is 0.172. The molecule has 1 aliphatic heterocycles. The molecule has 0 bridgehead atoms. The molecule has 16 heavy (non-hydrogen) atoms. The number of nitrogens with one attached hydrogen (secondary N) is 1. The van der Waals surface area contributed by atoms with E-state index < -0.39 is 9.75 Å². The summed E-state index contributed by atoms with van der Waals surface area (Å²) < 4.78 is -0.933. The summed E-state index contributed by atoms with van der Waals surface area (Å²) in [7, 11) is 0. The van der Waals surface area contributed by atoms with Crippen molar-refractivity contribution < 1.29 is 4.79 Å². The van der Waals surface area contributed by atoms with Gasteiger partial charge in [-0.1, -0.05) is 0 Å². The standard InChI is InChI=1S/C10H14Cl2N2OS/c1-9(6-10(9,11)12)7(15)13-8(16)14-4-2-3-5-14/h2-6H2,1H3,(H,13,15,16)/t9-/m1/s1. The molecule has 0 aromatic rings. The molecule has 1 saturated carbocycles. The summed E-state index contributed by atoms with van der Waals surface area (Å²) in [6.45, 7) is 3.60. The first-order chi connectivity index (χ1) is 7.37. The average Bonchev–Trinajstić information content (AvgIpc) is 2.63. The van der Waals surface area contributed by atoms with Gasteiger partial charge in [0.25, 0.3) is 0 Å². The molecule has 1 heterocycles. The lowest BCUT2D eigenvalue weighted by Gasteiger charge is -2.20. The van der Waals surface area contributed by atoms with Gasteiger partial charge in [-0.2, -0.15) is 0 Å². The van der Waals surface area contributed by atoms with E-state index in [1.807, 2.05) is 4.90 Å². The zero-order valence-electron chi connectivity index (χ0n) is 9.06. The maximum atomic E-state index is 11.9. The van der Waals surface area contributed by atoms with E-state index in [0.717, 1.165) is 25.9 Å². The maximum absolute atomic E-state index is 11.9. The molecule has 1 atom stereocenters. The lowest BCUT2D eigenvalue weighted by Crippen LogP contribution is -2.44.